The van der Waals surface area contributed by atoms with Crippen molar-refractivity contribution in [2.45, 2.75) is 39.0 Å². The minimum absolute atomic E-state index is 0.260. The molecule has 144 valence electrons. The number of para-hydroxylation sites is 1. The van der Waals surface area contributed by atoms with E-state index in [0.29, 0.717) is 30.3 Å². The number of ether oxygens (including phenoxy) is 1. The summed E-state index contributed by atoms with van der Waals surface area (Å²) in [7, 11) is 0. The van der Waals surface area contributed by atoms with Gasteiger partial charge in [-0.05, 0) is 50.2 Å². The van der Waals surface area contributed by atoms with Gasteiger partial charge in [0.15, 0.2) is 0 Å². The van der Waals surface area contributed by atoms with Crippen LogP contribution in [-0.2, 0) is 9.59 Å². The van der Waals surface area contributed by atoms with Gasteiger partial charge in [-0.2, -0.15) is 0 Å². The summed E-state index contributed by atoms with van der Waals surface area (Å²) in [4.78, 5) is 34.4. The molecule has 0 saturated heterocycles. The molecule has 0 aliphatic heterocycles. The van der Waals surface area contributed by atoms with Crippen molar-refractivity contribution < 1.29 is 23.8 Å². The molecule has 1 heterocycles. The van der Waals surface area contributed by atoms with Crippen LogP contribution in [0, 0.1) is 17.8 Å². The zero-order chi connectivity index (χ0) is 19.4. The molecule has 0 amide bonds. The summed E-state index contributed by atoms with van der Waals surface area (Å²) < 4.78 is 11.1. The van der Waals surface area contributed by atoms with Crippen molar-refractivity contribution in [3.8, 4) is 5.75 Å². The van der Waals surface area contributed by atoms with Crippen LogP contribution in [0.4, 0.5) is 0 Å². The van der Waals surface area contributed by atoms with Crippen molar-refractivity contribution in [2.75, 3.05) is 6.61 Å². The van der Waals surface area contributed by atoms with Crippen LogP contribution in [0.3, 0.4) is 0 Å². The van der Waals surface area contributed by atoms with Crippen molar-refractivity contribution in [3.63, 3.8) is 0 Å². The largest absolute Gasteiger partial charge is 0.492 e. The number of benzene rings is 1. The minimum atomic E-state index is -1.03. The molecule has 1 fully saturated rings. The molecule has 1 aromatic carbocycles. The van der Waals surface area contributed by atoms with Crippen molar-refractivity contribution in [3.05, 3.63) is 40.8 Å². The fourth-order valence-corrected chi connectivity index (χ4v) is 3.82. The maximum atomic E-state index is 11.7. The molecular formula is C21H24O6. The van der Waals surface area contributed by atoms with E-state index in [1.165, 1.54) is 13.0 Å². The Kier molecular flexibility index (Phi) is 5.94. The van der Waals surface area contributed by atoms with Gasteiger partial charge in [-0.25, -0.2) is 4.79 Å². The van der Waals surface area contributed by atoms with Crippen LogP contribution in [0.5, 0.6) is 5.75 Å². The van der Waals surface area contributed by atoms with Gasteiger partial charge >= 0.3 is 11.6 Å². The number of aliphatic carboxylic acids is 1. The van der Waals surface area contributed by atoms with Crippen LogP contribution >= 0.6 is 0 Å². The van der Waals surface area contributed by atoms with Gasteiger partial charge in [0.1, 0.15) is 23.0 Å². The highest BCUT2D eigenvalue weighted by atomic mass is 16.5. The Balaban J connectivity index is 1.55. The number of carboxylic acids is 1. The number of hydrogen-bond acceptors (Lipinski definition) is 5. The van der Waals surface area contributed by atoms with Gasteiger partial charge in [0.2, 0.25) is 0 Å². The summed E-state index contributed by atoms with van der Waals surface area (Å²) >= 11 is 0. The fourth-order valence-electron chi connectivity index (χ4n) is 3.82. The standard InChI is InChI=1S/C21H24O6/c1-13(22)17(21(24)25)10-14-6-8-15(9-7-14)12-26-19-11-20(23)27-18-5-3-2-4-16(18)19/h2-5,11,14-15,17H,6-10,12H2,1H3,(H,24,25)/t14-,15-,17?. The van der Waals surface area contributed by atoms with Crippen LogP contribution < -0.4 is 10.4 Å². The van der Waals surface area contributed by atoms with E-state index in [-0.39, 0.29) is 11.7 Å². The van der Waals surface area contributed by atoms with E-state index in [4.69, 9.17) is 9.15 Å². The zero-order valence-electron chi connectivity index (χ0n) is 15.3. The van der Waals surface area contributed by atoms with E-state index in [2.05, 4.69) is 0 Å². The summed E-state index contributed by atoms with van der Waals surface area (Å²) in [6.07, 6.45) is 4.05. The van der Waals surface area contributed by atoms with Gasteiger partial charge in [0.25, 0.3) is 0 Å². The van der Waals surface area contributed by atoms with E-state index in [1.807, 2.05) is 18.2 Å². The fraction of sp³-hybridized carbons (Fsp3) is 0.476. The third-order valence-electron chi connectivity index (χ3n) is 5.41. The van der Waals surface area contributed by atoms with E-state index < -0.39 is 17.5 Å². The third kappa shape index (κ3) is 4.76. The van der Waals surface area contributed by atoms with E-state index in [1.54, 1.807) is 6.07 Å². The average molecular weight is 372 g/mol. The number of carbonyl (C=O) groups is 2. The lowest BCUT2D eigenvalue weighted by Gasteiger charge is -2.29. The second kappa shape index (κ2) is 8.37. The molecule has 1 aliphatic carbocycles. The Morgan fingerprint density at radius 2 is 1.85 bits per heavy atom. The highest BCUT2D eigenvalue weighted by Gasteiger charge is 2.29. The van der Waals surface area contributed by atoms with Crippen molar-refractivity contribution >= 4 is 22.7 Å². The topological polar surface area (TPSA) is 93.8 Å². The molecule has 6 heteroatoms. The van der Waals surface area contributed by atoms with Crippen molar-refractivity contribution in [1.29, 1.82) is 0 Å². The van der Waals surface area contributed by atoms with Gasteiger partial charge in [0.05, 0.1) is 18.1 Å². The lowest BCUT2D eigenvalue weighted by molar-refractivity contribution is -0.146. The van der Waals surface area contributed by atoms with Gasteiger partial charge < -0.3 is 14.3 Å². The average Bonchev–Trinajstić information content (AvgIpc) is 2.64. The monoisotopic (exact) mass is 372 g/mol. The molecule has 3 rings (SSSR count). The van der Waals surface area contributed by atoms with Crippen LogP contribution in [0.25, 0.3) is 11.0 Å². The summed E-state index contributed by atoms with van der Waals surface area (Å²) in [6, 6.07) is 8.65. The van der Waals surface area contributed by atoms with Gasteiger partial charge in [-0.1, -0.05) is 25.0 Å². The third-order valence-corrected chi connectivity index (χ3v) is 5.41. The molecule has 1 atom stereocenters. The minimum Gasteiger partial charge on any atom is -0.492 e. The van der Waals surface area contributed by atoms with Crippen LogP contribution in [0.1, 0.15) is 39.0 Å². The number of carboxylic acid groups (broad SMARTS) is 1. The highest BCUT2D eigenvalue weighted by Crippen LogP contribution is 2.34. The normalized spacial score (nSPS) is 20.9. The molecule has 0 spiro atoms. The van der Waals surface area contributed by atoms with E-state index >= 15 is 0 Å². The molecule has 1 aliphatic rings. The summed E-state index contributed by atoms with van der Waals surface area (Å²) in [5, 5.41) is 9.95. The summed E-state index contributed by atoms with van der Waals surface area (Å²) in [5.74, 6) is -1.04. The van der Waals surface area contributed by atoms with Crippen molar-refractivity contribution in [2.24, 2.45) is 17.8 Å². The maximum Gasteiger partial charge on any atom is 0.339 e. The molecule has 1 aromatic heterocycles. The first kappa shape index (κ1) is 19.1. The first-order valence-corrected chi connectivity index (χ1v) is 9.33. The lowest BCUT2D eigenvalue weighted by Crippen LogP contribution is -2.27. The quantitative estimate of drug-likeness (QED) is 0.589. The molecule has 1 unspecified atom stereocenters. The Bertz CT molecular complexity index is 862. The number of rotatable bonds is 7. The number of fused-ring (bicyclic) bond motifs is 1. The van der Waals surface area contributed by atoms with Gasteiger partial charge in [-0.3, -0.25) is 9.59 Å². The van der Waals surface area contributed by atoms with E-state index in [9.17, 15) is 19.5 Å². The molecule has 1 saturated carbocycles. The number of hydrogen-bond donors (Lipinski definition) is 1. The summed E-state index contributed by atoms with van der Waals surface area (Å²) in [5.41, 5.74) is 0.0732. The smallest absolute Gasteiger partial charge is 0.339 e. The maximum absolute atomic E-state index is 11.7. The first-order chi connectivity index (χ1) is 12.9. The molecule has 0 radical (unpaired) electrons. The first-order valence-electron chi connectivity index (χ1n) is 9.33. The molecule has 1 N–H and O–H groups in total. The Morgan fingerprint density at radius 3 is 2.52 bits per heavy atom. The molecule has 27 heavy (non-hydrogen) atoms. The molecule has 0 bridgehead atoms. The Labute approximate surface area is 157 Å². The zero-order valence-corrected chi connectivity index (χ0v) is 15.3. The van der Waals surface area contributed by atoms with E-state index in [0.717, 1.165) is 31.1 Å². The number of ketones is 1. The molecular weight excluding hydrogens is 348 g/mol. The number of Topliss-reactive ketones (excluding diaryl/α,β-unsaturated/α-hetero) is 1. The second-order valence-corrected chi connectivity index (χ2v) is 7.36. The second-order valence-electron chi connectivity index (χ2n) is 7.36. The number of carbonyl (C=O) groups excluding carboxylic acids is 1. The van der Waals surface area contributed by atoms with Crippen LogP contribution in [-0.4, -0.2) is 23.5 Å². The molecule has 6 nitrogen and oxygen atoms in total. The van der Waals surface area contributed by atoms with Gasteiger partial charge in [-0.15, -0.1) is 0 Å². The Hall–Kier alpha value is -2.63. The van der Waals surface area contributed by atoms with Crippen LogP contribution in [0.2, 0.25) is 0 Å². The summed E-state index contributed by atoms with van der Waals surface area (Å²) in [6.45, 7) is 1.86. The molecule has 2 aromatic rings. The predicted molar refractivity (Wildman–Crippen MR) is 99.9 cm³/mol. The van der Waals surface area contributed by atoms with Gasteiger partial charge in [0, 0.05) is 0 Å². The lowest BCUT2D eigenvalue weighted by atomic mass is 9.77. The van der Waals surface area contributed by atoms with Crippen molar-refractivity contribution in [1.82, 2.24) is 0 Å². The van der Waals surface area contributed by atoms with Crippen LogP contribution in [0.15, 0.2) is 39.5 Å². The highest BCUT2D eigenvalue weighted by molar-refractivity contribution is 5.96. The predicted octanol–water partition coefficient (Wildman–Crippen LogP) is 3.66. The Morgan fingerprint density at radius 1 is 1.19 bits per heavy atom. The SMILES string of the molecule is CC(=O)C(C[C@H]1CC[C@H](COc2cc(=O)oc3ccccc23)CC1)C(=O)O.